The Labute approximate surface area is 237 Å². The number of nitrogens with zero attached hydrogens (tertiary/aromatic N) is 2. The van der Waals surface area contributed by atoms with Gasteiger partial charge in [0.1, 0.15) is 5.75 Å². The number of terminal acetylenes is 1. The van der Waals surface area contributed by atoms with E-state index in [9.17, 15) is 0 Å². The van der Waals surface area contributed by atoms with Gasteiger partial charge in [-0.25, -0.2) is 0 Å². The molecule has 200 valence electrons. The largest absolute Gasteiger partial charge is 0.494 e. The summed E-state index contributed by atoms with van der Waals surface area (Å²) in [6.07, 6.45) is 13.6. The van der Waals surface area contributed by atoms with Crippen LogP contribution in [0.25, 0.3) is 45.2 Å². The molecule has 5 rings (SSSR count). The van der Waals surface area contributed by atoms with Crippen molar-refractivity contribution in [2.45, 2.75) is 45.4 Å². The zero-order valence-corrected chi connectivity index (χ0v) is 23.0. The number of aromatic nitrogens is 2. The van der Waals surface area contributed by atoms with Crippen LogP contribution < -0.4 is 4.74 Å². The van der Waals surface area contributed by atoms with Crippen LogP contribution in [0.5, 0.6) is 5.75 Å². The van der Waals surface area contributed by atoms with Gasteiger partial charge in [-0.2, -0.15) is 0 Å². The summed E-state index contributed by atoms with van der Waals surface area (Å²) in [6.45, 7) is 2.97. The van der Waals surface area contributed by atoms with Crippen molar-refractivity contribution in [3.8, 4) is 63.3 Å². The van der Waals surface area contributed by atoms with Crippen molar-refractivity contribution in [3.63, 3.8) is 0 Å². The van der Waals surface area contributed by atoms with E-state index in [1.165, 1.54) is 32.1 Å². The highest BCUT2D eigenvalue weighted by molar-refractivity contribution is 5.91. The molecule has 0 saturated heterocycles. The van der Waals surface area contributed by atoms with Crippen molar-refractivity contribution in [2.75, 3.05) is 6.61 Å². The smallest absolute Gasteiger partial charge is 0.248 e. The van der Waals surface area contributed by atoms with Crippen LogP contribution in [0.4, 0.5) is 0 Å². The Bertz CT molecular complexity index is 1550. The van der Waals surface area contributed by atoms with E-state index in [0.717, 1.165) is 57.7 Å². The third-order valence-corrected chi connectivity index (χ3v) is 7.02. The lowest BCUT2D eigenvalue weighted by atomic mass is 9.88. The van der Waals surface area contributed by atoms with E-state index >= 15 is 0 Å². The molecule has 40 heavy (non-hydrogen) atoms. The van der Waals surface area contributed by atoms with Crippen LogP contribution in [-0.4, -0.2) is 16.8 Å². The number of hydrogen-bond donors (Lipinski definition) is 0. The minimum Gasteiger partial charge on any atom is -0.494 e. The minimum atomic E-state index is 0.424. The van der Waals surface area contributed by atoms with Gasteiger partial charge < -0.3 is 9.15 Å². The monoisotopic (exact) mass is 526 g/mol. The van der Waals surface area contributed by atoms with E-state index in [1.807, 2.05) is 72.8 Å². The molecular formula is C36H34N2O2. The maximum Gasteiger partial charge on any atom is 0.248 e. The molecule has 0 aliphatic heterocycles. The number of unbranched alkanes of at least 4 members (excludes halogenated alkanes) is 5. The minimum absolute atomic E-state index is 0.424. The molecular weight excluding hydrogens is 492 g/mol. The van der Waals surface area contributed by atoms with Gasteiger partial charge in [-0.05, 0) is 53.4 Å². The fourth-order valence-corrected chi connectivity index (χ4v) is 4.91. The van der Waals surface area contributed by atoms with Gasteiger partial charge in [-0.3, -0.25) is 0 Å². The zero-order valence-electron chi connectivity index (χ0n) is 23.0. The van der Waals surface area contributed by atoms with Crippen molar-refractivity contribution in [3.05, 3.63) is 103 Å². The van der Waals surface area contributed by atoms with Crippen LogP contribution in [0, 0.1) is 12.3 Å². The number of hydrogen-bond acceptors (Lipinski definition) is 4. The summed E-state index contributed by atoms with van der Waals surface area (Å²) >= 11 is 0. The first-order valence-corrected chi connectivity index (χ1v) is 14.1. The van der Waals surface area contributed by atoms with Gasteiger partial charge in [0.2, 0.25) is 11.8 Å². The van der Waals surface area contributed by atoms with Crippen molar-refractivity contribution in [1.29, 1.82) is 0 Å². The standard InChI is InChI=1S/C36H34N2O2/c1-3-5-6-7-8-15-26-39-30-22-20-29(21-23-30)35-37-38-36(40-35)33-25-24-32(27-16-11-9-12-17-27)31(4-2)34(33)28-18-13-10-14-19-28/h2,9-14,16-25H,3,5-8,15,26H2,1H3. The molecule has 0 aliphatic rings. The lowest BCUT2D eigenvalue weighted by Crippen LogP contribution is -1.97. The molecule has 0 unspecified atom stereocenters. The van der Waals surface area contributed by atoms with Crippen LogP contribution in [0.2, 0.25) is 0 Å². The lowest BCUT2D eigenvalue weighted by Gasteiger charge is -2.14. The quantitative estimate of drug-likeness (QED) is 0.120. The number of ether oxygens (including phenoxy) is 1. The second kappa shape index (κ2) is 13.4. The average molecular weight is 527 g/mol. The Morgan fingerprint density at radius 2 is 1.27 bits per heavy atom. The van der Waals surface area contributed by atoms with Gasteiger partial charge >= 0.3 is 0 Å². The summed E-state index contributed by atoms with van der Waals surface area (Å²) in [4.78, 5) is 0. The normalized spacial score (nSPS) is 10.8. The number of benzene rings is 4. The summed E-state index contributed by atoms with van der Waals surface area (Å²) < 4.78 is 12.1. The summed E-state index contributed by atoms with van der Waals surface area (Å²) in [6, 6.07) is 32.1. The summed E-state index contributed by atoms with van der Waals surface area (Å²) in [7, 11) is 0. The van der Waals surface area contributed by atoms with Crippen molar-refractivity contribution < 1.29 is 9.15 Å². The molecule has 0 atom stereocenters. The van der Waals surface area contributed by atoms with E-state index in [2.05, 4.69) is 47.3 Å². The predicted octanol–water partition coefficient (Wildman–Crippen LogP) is 9.46. The van der Waals surface area contributed by atoms with Crippen molar-refractivity contribution in [1.82, 2.24) is 10.2 Å². The first kappa shape index (κ1) is 27.0. The van der Waals surface area contributed by atoms with E-state index in [4.69, 9.17) is 15.6 Å². The van der Waals surface area contributed by atoms with Gasteiger partial charge in [-0.1, -0.05) is 112 Å². The molecule has 0 N–H and O–H groups in total. The Morgan fingerprint density at radius 1 is 0.650 bits per heavy atom. The summed E-state index contributed by atoms with van der Waals surface area (Å²) in [5, 5.41) is 8.79. The van der Waals surface area contributed by atoms with Crippen LogP contribution in [-0.2, 0) is 0 Å². The average Bonchev–Trinajstić information content (AvgIpc) is 3.51. The first-order valence-electron chi connectivity index (χ1n) is 14.1. The van der Waals surface area contributed by atoms with Gasteiger partial charge in [0.15, 0.2) is 0 Å². The highest BCUT2D eigenvalue weighted by Gasteiger charge is 2.20. The Morgan fingerprint density at radius 3 is 1.98 bits per heavy atom. The predicted molar refractivity (Wildman–Crippen MR) is 163 cm³/mol. The fourth-order valence-electron chi connectivity index (χ4n) is 4.91. The maximum absolute atomic E-state index is 6.22. The van der Waals surface area contributed by atoms with Crippen LogP contribution in [0.3, 0.4) is 0 Å². The molecule has 0 saturated carbocycles. The second-order valence-electron chi connectivity index (χ2n) is 9.84. The molecule has 1 heterocycles. The third kappa shape index (κ3) is 6.33. The topological polar surface area (TPSA) is 48.2 Å². The molecule has 4 nitrogen and oxygen atoms in total. The van der Waals surface area contributed by atoms with Gasteiger partial charge in [-0.15, -0.1) is 16.6 Å². The summed E-state index contributed by atoms with van der Waals surface area (Å²) in [5.74, 6) is 4.67. The van der Waals surface area contributed by atoms with Crippen molar-refractivity contribution in [2.24, 2.45) is 0 Å². The first-order chi connectivity index (χ1) is 19.8. The maximum atomic E-state index is 6.22. The van der Waals surface area contributed by atoms with E-state index in [-0.39, 0.29) is 0 Å². The van der Waals surface area contributed by atoms with E-state index in [0.29, 0.717) is 11.8 Å². The highest BCUT2D eigenvalue weighted by atomic mass is 16.5. The molecule has 4 heteroatoms. The van der Waals surface area contributed by atoms with Gasteiger partial charge in [0, 0.05) is 22.3 Å². The zero-order chi connectivity index (χ0) is 27.6. The molecule has 0 bridgehead atoms. The van der Waals surface area contributed by atoms with E-state index in [1.54, 1.807) is 0 Å². The van der Waals surface area contributed by atoms with Crippen molar-refractivity contribution >= 4 is 0 Å². The Balaban J connectivity index is 1.39. The molecule has 0 spiro atoms. The van der Waals surface area contributed by atoms with Crippen LogP contribution in [0.1, 0.15) is 51.0 Å². The Hall–Kier alpha value is -4.62. The highest BCUT2D eigenvalue weighted by Crippen LogP contribution is 2.40. The molecule has 0 radical (unpaired) electrons. The van der Waals surface area contributed by atoms with Gasteiger partial charge in [0.05, 0.1) is 6.61 Å². The molecule has 4 aromatic carbocycles. The SMILES string of the molecule is C#Cc1c(-c2ccccc2)ccc(-c2nnc(-c3ccc(OCCCCCCCC)cc3)o2)c1-c1ccccc1. The lowest BCUT2D eigenvalue weighted by molar-refractivity contribution is 0.304. The van der Waals surface area contributed by atoms with Crippen LogP contribution >= 0.6 is 0 Å². The summed E-state index contributed by atoms with van der Waals surface area (Å²) in [5.41, 5.74) is 6.38. The molecule has 0 amide bonds. The van der Waals surface area contributed by atoms with Gasteiger partial charge in [0.25, 0.3) is 0 Å². The fraction of sp³-hybridized carbons (Fsp3) is 0.222. The molecule has 5 aromatic rings. The Kier molecular flexibility index (Phi) is 9.06. The molecule has 0 fully saturated rings. The van der Waals surface area contributed by atoms with Crippen LogP contribution in [0.15, 0.2) is 101 Å². The molecule has 1 aromatic heterocycles. The second-order valence-corrected chi connectivity index (χ2v) is 9.84. The number of rotatable bonds is 12. The third-order valence-electron chi connectivity index (χ3n) is 7.02. The van der Waals surface area contributed by atoms with E-state index < -0.39 is 0 Å². The molecule has 0 aliphatic carbocycles.